The number of furan rings is 2. The molecular weight excluding hydrogens is 613 g/mol. The molecule has 3 aromatic heterocycles. The van der Waals surface area contributed by atoms with Crippen molar-refractivity contribution < 1.29 is 8.83 Å². The normalized spacial score (nSPS) is 11.6. The Morgan fingerprint density at radius 2 is 0.720 bits per heavy atom. The predicted octanol–water partition coefficient (Wildman–Crippen LogP) is 12.6. The van der Waals surface area contributed by atoms with Crippen molar-refractivity contribution >= 4 is 43.9 Å². The molecule has 4 nitrogen and oxygen atoms in total. The molecule has 0 saturated heterocycles. The van der Waals surface area contributed by atoms with Crippen LogP contribution in [0, 0.1) is 0 Å². The van der Waals surface area contributed by atoms with Crippen molar-refractivity contribution in [3.8, 4) is 56.2 Å². The molecule has 234 valence electrons. The number of fused-ring (bicyclic) bond motifs is 6. The Labute approximate surface area is 287 Å². The molecule has 0 fully saturated rings. The molecule has 0 saturated carbocycles. The zero-order valence-electron chi connectivity index (χ0n) is 26.9. The van der Waals surface area contributed by atoms with E-state index in [1.165, 1.54) is 0 Å². The number of rotatable bonds is 5. The summed E-state index contributed by atoms with van der Waals surface area (Å²) in [4.78, 5) is 10.5. The Kier molecular flexibility index (Phi) is 6.46. The molecule has 0 radical (unpaired) electrons. The van der Waals surface area contributed by atoms with Crippen LogP contribution in [0.3, 0.4) is 0 Å². The first-order valence-electron chi connectivity index (χ1n) is 16.7. The molecular formula is C46H28N2O2. The van der Waals surface area contributed by atoms with Gasteiger partial charge in [0.25, 0.3) is 0 Å². The van der Waals surface area contributed by atoms with Gasteiger partial charge in [-0.1, -0.05) is 133 Å². The second-order valence-corrected chi connectivity index (χ2v) is 12.6. The van der Waals surface area contributed by atoms with Crippen LogP contribution >= 0.6 is 0 Å². The second kappa shape index (κ2) is 11.4. The van der Waals surface area contributed by atoms with Gasteiger partial charge in [-0.3, -0.25) is 0 Å². The molecule has 0 aliphatic rings. The first-order chi connectivity index (χ1) is 24.8. The summed E-state index contributed by atoms with van der Waals surface area (Å²) in [6.07, 6.45) is 0. The predicted molar refractivity (Wildman–Crippen MR) is 204 cm³/mol. The minimum Gasteiger partial charge on any atom is -0.455 e. The highest BCUT2D eigenvalue weighted by atomic mass is 16.3. The summed E-state index contributed by atoms with van der Waals surface area (Å²) in [6.45, 7) is 0. The van der Waals surface area contributed by atoms with Crippen molar-refractivity contribution in [2.24, 2.45) is 0 Å². The zero-order valence-corrected chi connectivity index (χ0v) is 26.9. The molecule has 0 N–H and O–H groups in total. The van der Waals surface area contributed by atoms with Gasteiger partial charge in [-0.2, -0.15) is 0 Å². The second-order valence-electron chi connectivity index (χ2n) is 12.6. The van der Waals surface area contributed by atoms with E-state index in [1.54, 1.807) is 0 Å². The van der Waals surface area contributed by atoms with Gasteiger partial charge in [-0.25, -0.2) is 9.97 Å². The van der Waals surface area contributed by atoms with Gasteiger partial charge >= 0.3 is 0 Å². The summed E-state index contributed by atoms with van der Waals surface area (Å²) in [5.74, 6) is 0.547. The Bertz CT molecular complexity index is 2650. The molecule has 4 heteroatoms. The monoisotopic (exact) mass is 640 g/mol. The van der Waals surface area contributed by atoms with Gasteiger partial charge in [0, 0.05) is 32.7 Å². The van der Waals surface area contributed by atoms with E-state index in [-0.39, 0.29) is 0 Å². The Morgan fingerprint density at radius 1 is 0.320 bits per heavy atom. The number of nitrogens with zero attached hydrogens (tertiary/aromatic N) is 2. The van der Waals surface area contributed by atoms with Crippen LogP contribution in [0.15, 0.2) is 179 Å². The molecule has 0 bridgehead atoms. The van der Waals surface area contributed by atoms with Crippen molar-refractivity contribution in [3.05, 3.63) is 170 Å². The average Bonchev–Trinajstić information content (AvgIpc) is 3.75. The van der Waals surface area contributed by atoms with Crippen LogP contribution in [0.1, 0.15) is 0 Å². The molecule has 7 aromatic carbocycles. The zero-order chi connectivity index (χ0) is 33.0. The lowest BCUT2D eigenvalue weighted by Crippen LogP contribution is -1.96. The van der Waals surface area contributed by atoms with E-state index in [9.17, 15) is 0 Å². The van der Waals surface area contributed by atoms with Crippen LogP contribution in [-0.2, 0) is 0 Å². The molecule has 10 aromatic rings. The third-order valence-corrected chi connectivity index (χ3v) is 9.50. The first-order valence-corrected chi connectivity index (χ1v) is 16.7. The van der Waals surface area contributed by atoms with E-state index in [1.807, 2.05) is 48.5 Å². The highest BCUT2D eigenvalue weighted by Gasteiger charge is 2.24. The molecule has 0 amide bonds. The Balaban J connectivity index is 1.32. The Hall–Kier alpha value is -6.78. The van der Waals surface area contributed by atoms with Gasteiger partial charge in [-0.15, -0.1) is 0 Å². The average molecular weight is 641 g/mol. The SMILES string of the molecule is c1ccc(-c2ccc3oc4c(-c5nc(-c6ccccc6)cc(-c6ccccc6)n5)c5oc6ccc(-c7ccccc7)cc6c5cc4c3c2)cc1. The maximum Gasteiger partial charge on any atom is 0.168 e. The molecule has 3 heterocycles. The summed E-state index contributed by atoms with van der Waals surface area (Å²) in [5, 5.41) is 4.03. The highest BCUT2D eigenvalue weighted by Crippen LogP contribution is 2.45. The van der Waals surface area contributed by atoms with Gasteiger partial charge in [-0.05, 0) is 58.7 Å². The fraction of sp³-hybridized carbons (Fsp3) is 0. The maximum atomic E-state index is 6.78. The quantitative estimate of drug-likeness (QED) is 0.188. The lowest BCUT2D eigenvalue weighted by molar-refractivity contribution is 0.657. The van der Waals surface area contributed by atoms with Crippen LogP contribution in [0.4, 0.5) is 0 Å². The van der Waals surface area contributed by atoms with Crippen LogP contribution in [0.2, 0.25) is 0 Å². The lowest BCUT2D eigenvalue weighted by atomic mass is 9.98. The molecule has 0 atom stereocenters. The molecule has 0 unspecified atom stereocenters. The van der Waals surface area contributed by atoms with E-state index < -0.39 is 0 Å². The number of aromatic nitrogens is 2. The van der Waals surface area contributed by atoms with E-state index in [2.05, 4.69) is 121 Å². The standard InChI is InChI=1S/C46H28N2O2/c1-5-13-29(14-6-1)33-21-23-41-35(25-33)37-27-38-36-26-34(30-15-7-2-8-16-30)22-24-42(36)50-45(38)43(44(37)49-41)46-47-39(31-17-9-3-10-18-31)28-40(48-46)32-19-11-4-12-20-32/h1-28H. The summed E-state index contributed by atoms with van der Waals surface area (Å²) in [6, 6.07) is 58.4. The van der Waals surface area contributed by atoms with Gasteiger partial charge in [0.1, 0.15) is 27.9 Å². The Morgan fingerprint density at radius 3 is 1.14 bits per heavy atom. The molecule has 0 spiro atoms. The molecule has 0 aliphatic heterocycles. The van der Waals surface area contributed by atoms with Crippen LogP contribution in [-0.4, -0.2) is 9.97 Å². The summed E-state index contributed by atoms with van der Waals surface area (Å²) >= 11 is 0. The number of hydrogen-bond acceptors (Lipinski definition) is 4. The first kappa shape index (κ1) is 28.3. The van der Waals surface area contributed by atoms with Crippen molar-refractivity contribution in [1.82, 2.24) is 9.97 Å². The van der Waals surface area contributed by atoms with E-state index in [0.717, 1.165) is 83.0 Å². The van der Waals surface area contributed by atoms with Crippen molar-refractivity contribution in [1.29, 1.82) is 0 Å². The van der Waals surface area contributed by atoms with Crippen molar-refractivity contribution in [3.63, 3.8) is 0 Å². The fourth-order valence-electron chi connectivity index (χ4n) is 7.03. The summed E-state index contributed by atoms with van der Waals surface area (Å²) < 4.78 is 13.6. The van der Waals surface area contributed by atoms with E-state index in [0.29, 0.717) is 17.0 Å². The van der Waals surface area contributed by atoms with Crippen LogP contribution in [0.25, 0.3) is 100 Å². The number of hydrogen-bond donors (Lipinski definition) is 0. The van der Waals surface area contributed by atoms with Gasteiger partial charge in [0.15, 0.2) is 5.82 Å². The third-order valence-electron chi connectivity index (χ3n) is 9.50. The fourth-order valence-corrected chi connectivity index (χ4v) is 7.03. The van der Waals surface area contributed by atoms with Gasteiger partial charge in [0.2, 0.25) is 0 Å². The van der Waals surface area contributed by atoms with Crippen molar-refractivity contribution in [2.45, 2.75) is 0 Å². The third kappa shape index (κ3) is 4.69. The smallest absolute Gasteiger partial charge is 0.168 e. The van der Waals surface area contributed by atoms with E-state index in [4.69, 9.17) is 18.8 Å². The molecule has 10 rings (SSSR count). The summed E-state index contributed by atoms with van der Waals surface area (Å²) in [5.41, 5.74) is 11.9. The summed E-state index contributed by atoms with van der Waals surface area (Å²) in [7, 11) is 0. The van der Waals surface area contributed by atoms with Crippen LogP contribution in [0.5, 0.6) is 0 Å². The van der Waals surface area contributed by atoms with Gasteiger partial charge < -0.3 is 8.83 Å². The highest BCUT2D eigenvalue weighted by molar-refractivity contribution is 6.22. The minimum atomic E-state index is 0.547. The lowest BCUT2D eigenvalue weighted by Gasteiger charge is -2.10. The number of benzene rings is 7. The maximum absolute atomic E-state index is 6.78. The topological polar surface area (TPSA) is 52.1 Å². The van der Waals surface area contributed by atoms with Crippen molar-refractivity contribution in [2.75, 3.05) is 0 Å². The largest absolute Gasteiger partial charge is 0.455 e. The van der Waals surface area contributed by atoms with Crippen LogP contribution < -0.4 is 0 Å². The molecule has 50 heavy (non-hydrogen) atoms. The van der Waals surface area contributed by atoms with E-state index >= 15 is 0 Å². The van der Waals surface area contributed by atoms with Gasteiger partial charge in [0.05, 0.1) is 11.4 Å². The minimum absolute atomic E-state index is 0.547. The molecule has 0 aliphatic carbocycles.